The van der Waals surface area contributed by atoms with Gasteiger partial charge in [-0.2, -0.15) is 0 Å². The monoisotopic (exact) mass is 354 g/mol. The van der Waals surface area contributed by atoms with Crippen LogP contribution in [0.4, 0.5) is 0 Å². The van der Waals surface area contributed by atoms with E-state index in [0.717, 1.165) is 38.2 Å². The summed E-state index contributed by atoms with van der Waals surface area (Å²) in [6, 6.07) is 0. The standard InChI is InChI=1S/C16H18O9/c1-7-11(17)21-15(5,22-12(18)8-2)25-16(6,23-13(19)9-3)24-14(20)10-4/h7-10H,1-4H2,5-6H3. The highest BCUT2D eigenvalue weighted by atomic mass is 17.0. The highest BCUT2D eigenvalue weighted by Gasteiger charge is 2.47. The molecule has 136 valence electrons. The van der Waals surface area contributed by atoms with Gasteiger partial charge < -0.3 is 18.9 Å². The average molecular weight is 354 g/mol. The minimum absolute atomic E-state index is 0.756. The summed E-state index contributed by atoms with van der Waals surface area (Å²) in [6.07, 6.45) is 3.02. The van der Waals surface area contributed by atoms with E-state index in [0.29, 0.717) is 0 Å². The van der Waals surface area contributed by atoms with Gasteiger partial charge in [0.25, 0.3) is 0 Å². The number of carbonyl (C=O) groups excluding carboxylic acids is 4. The Morgan fingerprint density at radius 2 is 0.800 bits per heavy atom. The molecule has 9 nitrogen and oxygen atoms in total. The van der Waals surface area contributed by atoms with Crippen LogP contribution in [0.3, 0.4) is 0 Å². The second kappa shape index (κ2) is 9.18. The van der Waals surface area contributed by atoms with Crippen molar-refractivity contribution < 1.29 is 42.9 Å². The van der Waals surface area contributed by atoms with Crippen LogP contribution in [0, 0.1) is 0 Å². The molecule has 0 saturated carbocycles. The molecule has 0 aromatic rings. The van der Waals surface area contributed by atoms with Gasteiger partial charge in [-0.15, -0.1) is 0 Å². The zero-order valence-electron chi connectivity index (χ0n) is 13.8. The topological polar surface area (TPSA) is 114 Å². The van der Waals surface area contributed by atoms with E-state index in [-0.39, 0.29) is 0 Å². The van der Waals surface area contributed by atoms with E-state index in [1.54, 1.807) is 0 Å². The maximum Gasteiger partial charge on any atom is 0.379 e. The molecule has 0 bridgehead atoms. The zero-order chi connectivity index (χ0) is 19.7. The van der Waals surface area contributed by atoms with Crippen LogP contribution < -0.4 is 0 Å². The highest BCUT2D eigenvalue weighted by molar-refractivity contribution is 5.84. The largest absolute Gasteiger partial charge is 0.395 e. The van der Waals surface area contributed by atoms with Crippen molar-refractivity contribution in [2.45, 2.75) is 25.8 Å². The van der Waals surface area contributed by atoms with Crippen molar-refractivity contribution in [2.75, 3.05) is 0 Å². The van der Waals surface area contributed by atoms with Crippen molar-refractivity contribution in [3.05, 3.63) is 50.6 Å². The molecule has 0 spiro atoms. The van der Waals surface area contributed by atoms with Gasteiger partial charge in [0.05, 0.1) is 0 Å². The molecule has 0 amide bonds. The molecule has 0 unspecified atom stereocenters. The molecule has 0 atom stereocenters. The van der Waals surface area contributed by atoms with E-state index in [1.807, 2.05) is 0 Å². The molecule has 0 aliphatic heterocycles. The summed E-state index contributed by atoms with van der Waals surface area (Å²) < 4.78 is 24.3. The van der Waals surface area contributed by atoms with E-state index in [1.165, 1.54) is 0 Å². The van der Waals surface area contributed by atoms with Gasteiger partial charge in [-0.05, 0) is 0 Å². The number of rotatable bonds is 10. The van der Waals surface area contributed by atoms with Gasteiger partial charge in [0.15, 0.2) is 0 Å². The predicted octanol–water partition coefficient (Wildman–Crippen LogP) is 1.27. The third-order valence-electron chi connectivity index (χ3n) is 2.18. The van der Waals surface area contributed by atoms with Crippen molar-refractivity contribution in [2.24, 2.45) is 0 Å². The van der Waals surface area contributed by atoms with Crippen LogP contribution in [0.15, 0.2) is 50.6 Å². The normalized spacial score (nSPS) is 10.6. The fraction of sp³-hybridized carbons (Fsp3) is 0.250. The maximum atomic E-state index is 11.5. The zero-order valence-corrected chi connectivity index (χ0v) is 13.8. The second-order valence-corrected chi connectivity index (χ2v) is 4.33. The summed E-state index contributed by atoms with van der Waals surface area (Å²) >= 11 is 0. The Morgan fingerprint density at radius 1 is 0.600 bits per heavy atom. The van der Waals surface area contributed by atoms with Crippen LogP contribution in [-0.2, 0) is 42.9 Å². The highest BCUT2D eigenvalue weighted by Crippen LogP contribution is 2.27. The number of carbonyl (C=O) groups is 4. The third kappa shape index (κ3) is 7.75. The summed E-state index contributed by atoms with van der Waals surface area (Å²) in [7, 11) is 0. The lowest BCUT2D eigenvalue weighted by molar-refractivity contribution is -0.450. The van der Waals surface area contributed by atoms with Crippen molar-refractivity contribution in [3.8, 4) is 0 Å². The van der Waals surface area contributed by atoms with Gasteiger partial charge >= 0.3 is 35.8 Å². The van der Waals surface area contributed by atoms with E-state index >= 15 is 0 Å². The summed E-state index contributed by atoms with van der Waals surface area (Å²) in [5.74, 6) is -9.13. The number of hydrogen-bond acceptors (Lipinski definition) is 9. The predicted molar refractivity (Wildman–Crippen MR) is 83.1 cm³/mol. The second-order valence-electron chi connectivity index (χ2n) is 4.33. The summed E-state index contributed by atoms with van der Waals surface area (Å²) in [6.45, 7) is 14.7. The van der Waals surface area contributed by atoms with Crippen LogP contribution in [0.1, 0.15) is 13.8 Å². The molecule has 9 heteroatoms. The first kappa shape index (κ1) is 21.8. The van der Waals surface area contributed by atoms with Crippen molar-refractivity contribution in [1.29, 1.82) is 0 Å². The Balaban J connectivity index is 5.74. The Labute approximate surface area is 144 Å². The van der Waals surface area contributed by atoms with Crippen molar-refractivity contribution >= 4 is 23.9 Å². The van der Waals surface area contributed by atoms with E-state index in [4.69, 9.17) is 23.7 Å². The minimum Gasteiger partial charge on any atom is -0.395 e. The molecule has 25 heavy (non-hydrogen) atoms. The van der Waals surface area contributed by atoms with Crippen LogP contribution >= 0.6 is 0 Å². The van der Waals surface area contributed by atoms with Gasteiger partial charge in [0, 0.05) is 38.2 Å². The fourth-order valence-corrected chi connectivity index (χ4v) is 1.36. The quantitative estimate of drug-likeness (QED) is 0.325. The maximum absolute atomic E-state index is 11.5. The molecule has 0 N–H and O–H groups in total. The van der Waals surface area contributed by atoms with E-state index in [2.05, 4.69) is 26.3 Å². The molecular weight excluding hydrogens is 336 g/mol. The van der Waals surface area contributed by atoms with Crippen LogP contribution in [-0.4, -0.2) is 35.8 Å². The SMILES string of the molecule is C=CC(=O)OC(C)(OC(=O)C=C)OC(C)(OC(=O)C=C)OC(=O)C=C. The van der Waals surface area contributed by atoms with Crippen LogP contribution in [0.2, 0.25) is 0 Å². The molecular formula is C16H18O9. The molecule has 0 heterocycles. The summed E-state index contributed by atoms with van der Waals surface area (Å²) in [5.41, 5.74) is 0. The smallest absolute Gasteiger partial charge is 0.379 e. The molecule has 0 rings (SSSR count). The Kier molecular flexibility index (Phi) is 8.01. The van der Waals surface area contributed by atoms with Gasteiger partial charge in [-0.25, -0.2) is 23.9 Å². The Hall–Kier alpha value is -3.20. The first-order chi connectivity index (χ1) is 11.5. The van der Waals surface area contributed by atoms with Crippen LogP contribution in [0.25, 0.3) is 0 Å². The third-order valence-corrected chi connectivity index (χ3v) is 2.18. The molecule has 0 saturated heterocycles. The first-order valence-corrected chi connectivity index (χ1v) is 6.65. The number of ether oxygens (including phenoxy) is 5. The van der Waals surface area contributed by atoms with E-state index in [9.17, 15) is 19.2 Å². The number of hydrogen-bond donors (Lipinski definition) is 0. The summed E-state index contributed by atoms with van der Waals surface area (Å²) in [4.78, 5) is 45.8. The first-order valence-electron chi connectivity index (χ1n) is 6.65. The van der Waals surface area contributed by atoms with Crippen LogP contribution in [0.5, 0.6) is 0 Å². The Morgan fingerprint density at radius 3 is 0.960 bits per heavy atom. The minimum atomic E-state index is -2.46. The van der Waals surface area contributed by atoms with Gasteiger partial charge in [0.1, 0.15) is 0 Å². The van der Waals surface area contributed by atoms with E-state index < -0.39 is 35.8 Å². The van der Waals surface area contributed by atoms with Gasteiger partial charge in [-0.1, -0.05) is 26.3 Å². The molecule has 0 aromatic heterocycles. The molecule has 0 aliphatic carbocycles. The molecule has 0 fully saturated rings. The van der Waals surface area contributed by atoms with Gasteiger partial charge in [0.2, 0.25) is 0 Å². The lowest BCUT2D eigenvalue weighted by atomic mass is 10.5. The van der Waals surface area contributed by atoms with Gasteiger partial charge in [-0.3, -0.25) is 0 Å². The molecule has 0 radical (unpaired) electrons. The fourth-order valence-electron chi connectivity index (χ4n) is 1.36. The average Bonchev–Trinajstić information content (AvgIpc) is 2.52. The molecule has 0 aliphatic rings. The summed E-state index contributed by atoms with van der Waals surface area (Å²) in [5, 5.41) is 0. The number of esters is 4. The molecule has 0 aromatic carbocycles. The lowest BCUT2D eigenvalue weighted by Gasteiger charge is -2.35. The van der Waals surface area contributed by atoms with Crippen molar-refractivity contribution in [3.63, 3.8) is 0 Å². The van der Waals surface area contributed by atoms with Crippen molar-refractivity contribution in [1.82, 2.24) is 0 Å². The lowest BCUT2D eigenvalue weighted by Crippen LogP contribution is -2.50. The Bertz CT molecular complexity index is 507.